The van der Waals surface area contributed by atoms with Gasteiger partial charge in [0.15, 0.2) is 0 Å². The van der Waals surface area contributed by atoms with E-state index in [0.29, 0.717) is 11.6 Å². The Balaban J connectivity index is 2.17. The summed E-state index contributed by atoms with van der Waals surface area (Å²) >= 11 is 0. The van der Waals surface area contributed by atoms with Crippen LogP contribution in [0.4, 0.5) is 22.1 Å². The minimum absolute atomic E-state index is 0.302. The number of nitrogens with zero attached hydrogens (tertiary/aromatic N) is 3. The smallest absolute Gasteiger partial charge is 0.323 e. The zero-order valence-corrected chi connectivity index (χ0v) is 14.5. The van der Waals surface area contributed by atoms with Crippen molar-refractivity contribution in [1.82, 2.24) is 9.97 Å². The zero-order valence-electron chi connectivity index (χ0n) is 14.5. The number of carbonyl (C=O) groups excluding carboxylic acids is 1. The maximum atomic E-state index is 12.3. The summed E-state index contributed by atoms with van der Waals surface area (Å²) in [5.41, 5.74) is 5.07. The maximum absolute atomic E-state index is 12.3. The second-order valence-corrected chi connectivity index (χ2v) is 5.86. The highest BCUT2D eigenvalue weighted by atomic mass is 16.2. The van der Waals surface area contributed by atoms with Crippen LogP contribution >= 0.6 is 0 Å². The van der Waals surface area contributed by atoms with Gasteiger partial charge in [-0.3, -0.25) is 0 Å². The first kappa shape index (κ1) is 16.7. The number of hydrogen-bond acceptors (Lipinski definition) is 4. The molecule has 122 valence electrons. The van der Waals surface area contributed by atoms with Gasteiger partial charge in [-0.1, -0.05) is 17.7 Å². The Bertz CT molecular complexity index is 717. The second-order valence-electron chi connectivity index (χ2n) is 5.86. The zero-order chi connectivity index (χ0) is 17.1. The molecule has 6 nitrogen and oxygen atoms in total. The van der Waals surface area contributed by atoms with Gasteiger partial charge < -0.3 is 15.5 Å². The molecule has 0 radical (unpaired) electrons. The molecule has 1 heterocycles. The van der Waals surface area contributed by atoms with Gasteiger partial charge >= 0.3 is 6.03 Å². The lowest BCUT2D eigenvalue weighted by atomic mass is 10.1. The summed E-state index contributed by atoms with van der Waals surface area (Å²) in [4.78, 5) is 22.9. The lowest BCUT2D eigenvalue weighted by Gasteiger charge is -2.16. The van der Waals surface area contributed by atoms with Gasteiger partial charge in [0.2, 0.25) is 5.95 Å². The summed E-state index contributed by atoms with van der Waals surface area (Å²) in [6, 6.07) is 5.59. The molecule has 2 rings (SSSR count). The number of amides is 2. The number of anilines is 3. The Labute approximate surface area is 137 Å². The average molecular weight is 313 g/mol. The molecule has 0 bridgehead atoms. The van der Waals surface area contributed by atoms with E-state index in [2.05, 4.69) is 20.6 Å². The highest BCUT2D eigenvalue weighted by Crippen LogP contribution is 2.21. The molecule has 1 aromatic heterocycles. The van der Waals surface area contributed by atoms with Gasteiger partial charge in [-0.2, -0.15) is 0 Å². The number of rotatable bonds is 3. The number of aromatic nitrogens is 2. The first-order chi connectivity index (χ1) is 10.8. The van der Waals surface area contributed by atoms with Crippen molar-refractivity contribution < 1.29 is 4.79 Å². The molecule has 0 saturated carbocycles. The third-order valence-corrected chi connectivity index (χ3v) is 3.53. The van der Waals surface area contributed by atoms with E-state index in [1.54, 1.807) is 0 Å². The molecule has 2 amide bonds. The van der Waals surface area contributed by atoms with Crippen LogP contribution in [0.3, 0.4) is 0 Å². The van der Waals surface area contributed by atoms with E-state index in [1.807, 2.05) is 64.9 Å². The largest absolute Gasteiger partial charge is 0.347 e. The Kier molecular flexibility index (Phi) is 4.83. The fourth-order valence-corrected chi connectivity index (χ4v) is 2.30. The number of urea groups is 1. The third-order valence-electron chi connectivity index (χ3n) is 3.53. The predicted octanol–water partition coefficient (Wildman–Crippen LogP) is 3.42. The van der Waals surface area contributed by atoms with Gasteiger partial charge in [-0.05, 0) is 39.3 Å². The quantitative estimate of drug-likeness (QED) is 0.911. The highest BCUT2D eigenvalue weighted by molar-refractivity contribution is 6.00. The number of nitrogens with one attached hydrogen (secondary N) is 2. The monoisotopic (exact) mass is 313 g/mol. The van der Waals surface area contributed by atoms with Gasteiger partial charge in [0.25, 0.3) is 0 Å². The second kappa shape index (κ2) is 6.64. The molecule has 0 spiro atoms. The third kappa shape index (κ3) is 3.97. The lowest BCUT2D eigenvalue weighted by Crippen LogP contribution is -2.22. The number of benzene rings is 1. The Morgan fingerprint density at radius 3 is 2.13 bits per heavy atom. The maximum Gasteiger partial charge on any atom is 0.323 e. The molecule has 6 heteroatoms. The minimum Gasteiger partial charge on any atom is -0.347 e. The summed E-state index contributed by atoms with van der Waals surface area (Å²) in [5, 5.41) is 5.70. The lowest BCUT2D eigenvalue weighted by molar-refractivity contribution is 0.262. The van der Waals surface area contributed by atoms with E-state index < -0.39 is 0 Å². The van der Waals surface area contributed by atoms with Crippen LogP contribution < -0.4 is 15.5 Å². The van der Waals surface area contributed by atoms with Crippen LogP contribution in [-0.4, -0.2) is 30.1 Å². The Morgan fingerprint density at radius 2 is 1.61 bits per heavy atom. The minimum atomic E-state index is -0.302. The van der Waals surface area contributed by atoms with Crippen LogP contribution in [0.5, 0.6) is 0 Å². The van der Waals surface area contributed by atoms with Crippen LogP contribution in [0.15, 0.2) is 18.2 Å². The van der Waals surface area contributed by atoms with Crippen LogP contribution in [0.1, 0.15) is 22.5 Å². The van der Waals surface area contributed by atoms with Gasteiger partial charge in [-0.25, -0.2) is 14.8 Å². The van der Waals surface area contributed by atoms with Crippen molar-refractivity contribution in [3.8, 4) is 0 Å². The molecule has 2 aromatic rings. The van der Waals surface area contributed by atoms with Crippen molar-refractivity contribution in [1.29, 1.82) is 0 Å². The van der Waals surface area contributed by atoms with E-state index in [9.17, 15) is 4.79 Å². The number of hydrogen-bond donors (Lipinski definition) is 2. The Hall–Kier alpha value is -2.63. The summed E-state index contributed by atoms with van der Waals surface area (Å²) in [5.74, 6) is 0.625. The summed E-state index contributed by atoms with van der Waals surface area (Å²) in [6.45, 7) is 7.70. The molecule has 0 unspecified atom stereocenters. The molecular weight excluding hydrogens is 290 g/mol. The van der Waals surface area contributed by atoms with Gasteiger partial charge in [0.05, 0.1) is 17.1 Å². The SMILES string of the molecule is Cc1ccc(NC(=O)Nc2c(C)nc(N(C)C)nc2C)c(C)c1. The van der Waals surface area contributed by atoms with Crippen molar-refractivity contribution in [2.75, 3.05) is 29.6 Å². The van der Waals surface area contributed by atoms with Gasteiger partial charge in [0, 0.05) is 19.8 Å². The first-order valence-corrected chi connectivity index (χ1v) is 7.45. The van der Waals surface area contributed by atoms with Crippen molar-refractivity contribution in [2.24, 2.45) is 0 Å². The van der Waals surface area contributed by atoms with Crippen LogP contribution in [-0.2, 0) is 0 Å². The highest BCUT2D eigenvalue weighted by Gasteiger charge is 2.13. The van der Waals surface area contributed by atoms with E-state index in [-0.39, 0.29) is 6.03 Å². The topological polar surface area (TPSA) is 70.2 Å². The molecule has 1 aromatic carbocycles. The molecule has 0 aliphatic rings. The van der Waals surface area contributed by atoms with Crippen molar-refractivity contribution in [2.45, 2.75) is 27.7 Å². The van der Waals surface area contributed by atoms with E-state index in [0.717, 1.165) is 28.2 Å². The van der Waals surface area contributed by atoms with Crippen LogP contribution in [0, 0.1) is 27.7 Å². The molecular formula is C17H23N5O. The fourth-order valence-electron chi connectivity index (χ4n) is 2.30. The van der Waals surface area contributed by atoms with Crippen LogP contribution in [0.25, 0.3) is 0 Å². The normalized spacial score (nSPS) is 10.3. The van der Waals surface area contributed by atoms with E-state index >= 15 is 0 Å². The summed E-state index contributed by atoms with van der Waals surface area (Å²) < 4.78 is 0. The summed E-state index contributed by atoms with van der Waals surface area (Å²) in [7, 11) is 3.77. The molecule has 0 aliphatic carbocycles. The molecule has 0 aliphatic heterocycles. The Morgan fingerprint density at radius 1 is 1.00 bits per heavy atom. The van der Waals surface area contributed by atoms with E-state index in [4.69, 9.17) is 0 Å². The summed E-state index contributed by atoms with van der Waals surface area (Å²) in [6.07, 6.45) is 0. The average Bonchev–Trinajstić information content (AvgIpc) is 2.45. The predicted molar refractivity (Wildman–Crippen MR) is 94.4 cm³/mol. The molecule has 2 N–H and O–H groups in total. The first-order valence-electron chi connectivity index (χ1n) is 7.45. The van der Waals surface area contributed by atoms with Crippen molar-refractivity contribution in [3.05, 3.63) is 40.7 Å². The van der Waals surface area contributed by atoms with Crippen molar-refractivity contribution >= 4 is 23.4 Å². The standard InChI is InChI=1S/C17H23N5O/c1-10-7-8-14(11(2)9-10)20-17(23)21-15-12(3)18-16(22(5)6)19-13(15)4/h7-9H,1-6H3,(H2,20,21,23). The number of carbonyl (C=O) groups is 1. The van der Waals surface area contributed by atoms with Crippen molar-refractivity contribution in [3.63, 3.8) is 0 Å². The molecule has 0 atom stereocenters. The molecule has 0 fully saturated rings. The van der Waals surface area contributed by atoms with Gasteiger partial charge in [0.1, 0.15) is 0 Å². The van der Waals surface area contributed by atoms with E-state index in [1.165, 1.54) is 0 Å². The van der Waals surface area contributed by atoms with Crippen LogP contribution in [0.2, 0.25) is 0 Å². The number of aryl methyl sites for hydroxylation is 4. The molecule has 23 heavy (non-hydrogen) atoms. The van der Waals surface area contributed by atoms with Gasteiger partial charge in [-0.15, -0.1) is 0 Å². The molecule has 0 saturated heterocycles. The fraction of sp³-hybridized carbons (Fsp3) is 0.353.